The summed E-state index contributed by atoms with van der Waals surface area (Å²) < 4.78 is 156. The highest BCUT2D eigenvalue weighted by Gasteiger charge is 2.29. The molecule has 0 N–H and O–H groups in total. The standard InChI is InChI=1S/C19H28F2.C17H24F2.C16H22F2.C15H20F2.C15H18F2.C14H16F2/c1-2-3-4-5-6-7-15-8-10-16(11-9-15)17-12-13-18(20)19(21)14-17;1-2-3-4-5-13-6-8-14(9-7-13)15-10-11-16(18)17(19)12-15;1-2-3-4-12-5-7-13(8-6-12)14-9-10-15(17)16(18)11-14;2*1-2-3-11-4-6-12(7-5-11)13-8-9-14(16)15(17)10-13;1-2-10-3-5-11(6-4-10)12-7-8-13(15)14(16)9-12/h12-16H,2-11H2,1H3;10-14H,2-9H2,1H3;9-13H,2-8H2,1H3;8-12H,2-7H2,1H3;2-3,8-12H,4-7H2,1H3;2,7-11H,1,3-6H2/b;;;;3-2+;. The van der Waals surface area contributed by atoms with Gasteiger partial charge in [0.1, 0.15) is 0 Å². The number of hydrogen-bond acceptors (Lipinski definition) is 0. The van der Waals surface area contributed by atoms with Crippen molar-refractivity contribution >= 4 is 0 Å². The largest absolute Gasteiger partial charge is 0.204 e. The lowest BCUT2D eigenvalue weighted by atomic mass is 9.77. The molecule has 12 rings (SSSR count). The first-order valence-electron chi connectivity index (χ1n) is 42.2. The Bertz CT molecular complexity index is 3530. The van der Waals surface area contributed by atoms with Crippen molar-refractivity contribution in [1.29, 1.82) is 0 Å². The molecule has 0 spiro atoms. The predicted octanol–water partition coefficient (Wildman–Crippen LogP) is 32.1. The van der Waals surface area contributed by atoms with Crippen molar-refractivity contribution in [3.05, 3.63) is 237 Å². The van der Waals surface area contributed by atoms with Crippen molar-refractivity contribution in [2.75, 3.05) is 0 Å². The van der Waals surface area contributed by atoms with Crippen molar-refractivity contribution in [3.8, 4) is 0 Å². The van der Waals surface area contributed by atoms with E-state index < -0.39 is 69.8 Å². The fourth-order valence-corrected chi connectivity index (χ4v) is 18.0. The van der Waals surface area contributed by atoms with Gasteiger partial charge in [-0.25, -0.2) is 52.7 Å². The maximum atomic E-state index is 13.3. The molecule has 0 aliphatic heterocycles. The molecular weight excluding hydrogens is 1380 g/mol. The molecule has 0 aromatic heterocycles. The maximum absolute atomic E-state index is 13.3. The minimum atomic E-state index is -0.761. The number of allylic oxidation sites excluding steroid dienone is 3. The van der Waals surface area contributed by atoms with Gasteiger partial charge in [-0.15, -0.1) is 6.58 Å². The van der Waals surface area contributed by atoms with Crippen LogP contribution in [0.1, 0.15) is 354 Å². The molecule has 6 aliphatic rings. The van der Waals surface area contributed by atoms with Gasteiger partial charge < -0.3 is 0 Å². The van der Waals surface area contributed by atoms with E-state index >= 15 is 0 Å². The van der Waals surface area contributed by atoms with E-state index in [1.807, 2.05) is 13.0 Å². The molecule has 0 atom stereocenters. The van der Waals surface area contributed by atoms with E-state index in [2.05, 4.69) is 46.4 Å². The summed E-state index contributed by atoms with van der Waals surface area (Å²) in [5.74, 6) is -1.59. The normalized spacial score (nSPS) is 24.2. The van der Waals surface area contributed by atoms with Gasteiger partial charge in [-0.1, -0.05) is 179 Å². The predicted molar refractivity (Wildman–Crippen MR) is 423 cm³/mol. The second-order valence-electron chi connectivity index (χ2n) is 32.5. The smallest absolute Gasteiger partial charge is 0.159 e. The molecule has 6 aliphatic carbocycles. The van der Waals surface area contributed by atoms with Crippen LogP contribution in [0, 0.1) is 105 Å². The molecule has 0 heterocycles. The summed E-state index contributed by atoms with van der Waals surface area (Å²) in [5.41, 5.74) is 5.78. The fourth-order valence-electron chi connectivity index (χ4n) is 18.0. The van der Waals surface area contributed by atoms with E-state index in [0.717, 1.165) is 160 Å². The van der Waals surface area contributed by atoms with Crippen molar-refractivity contribution in [3.63, 3.8) is 0 Å². The second kappa shape index (κ2) is 48.7. The third-order valence-corrected chi connectivity index (χ3v) is 24.8. The van der Waals surface area contributed by atoms with Gasteiger partial charge in [-0.05, 0) is 338 Å². The molecule has 12 heteroatoms. The van der Waals surface area contributed by atoms with Crippen molar-refractivity contribution in [1.82, 2.24) is 0 Å². The summed E-state index contributed by atoms with van der Waals surface area (Å²) in [6, 6.07) is 26.2. The zero-order chi connectivity index (χ0) is 77.7. The van der Waals surface area contributed by atoms with Crippen LogP contribution in [0.25, 0.3) is 0 Å². The number of halogens is 12. The quantitative estimate of drug-likeness (QED) is 0.0341. The van der Waals surface area contributed by atoms with Gasteiger partial charge in [0, 0.05) is 0 Å². The van der Waals surface area contributed by atoms with E-state index in [4.69, 9.17) is 0 Å². The number of hydrogen-bond donors (Lipinski definition) is 0. The summed E-state index contributed by atoms with van der Waals surface area (Å²) in [5, 5.41) is 0. The number of unbranched alkanes of at least 4 members (excludes halogenated alkanes) is 7. The molecule has 6 fully saturated rings. The molecule has 108 heavy (non-hydrogen) atoms. The Labute approximate surface area is 642 Å². The molecule has 596 valence electrons. The lowest BCUT2D eigenvalue weighted by Crippen LogP contribution is -2.13. The number of benzene rings is 6. The van der Waals surface area contributed by atoms with Crippen LogP contribution in [0.15, 0.2) is 134 Å². The SMILES string of the molecule is C/C=C/C1CCC(c2ccc(F)c(F)c2)CC1.C=CC1CCC(c2ccc(F)c(F)c2)CC1.CCCC1CCC(c2ccc(F)c(F)c2)CC1.CCCCC1CCC(c2ccc(F)c(F)c2)CC1.CCCCCC1CCC(c2ccc(F)c(F)c2)CC1.CCCCCCCC1CCC(c2ccc(F)c(F)c2)CC1. The molecule has 6 saturated carbocycles. The highest BCUT2D eigenvalue weighted by molar-refractivity contribution is 5.27. The Morgan fingerprint density at radius 3 is 0.713 bits per heavy atom. The summed E-state index contributed by atoms with van der Waals surface area (Å²) in [6.45, 7) is 14.8. The van der Waals surface area contributed by atoms with E-state index in [-0.39, 0.29) is 0 Å². The van der Waals surface area contributed by atoms with Gasteiger partial charge in [-0.3, -0.25) is 0 Å². The first-order valence-corrected chi connectivity index (χ1v) is 42.2. The van der Waals surface area contributed by atoms with Gasteiger partial charge in [0.15, 0.2) is 69.8 Å². The van der Waals surface area contributed by atoms with Gasteiger partial charge in [0.25, 0.3) is 0 Å². The first kappa shape index (κ1) is 89.2. The van der Waals surface area contributed by atoms with E-state index in [1.165, 1.54) is 220 Å². The van der Waals surface area contributed by atoms with E-state index in [9.17, 15) is 52.7 Å². The summed E-state index contributed by atoms with van der Waals surface area (Å²) in [4.78, 5) is 0. The third kappa shape index (κ3) is 30.2. The Balaban J connectivity index is 0.000000181. The minimum Gasteiger partial charge on any atom is -0.204 e. The molecule has 0 amide bonds. The van der Waals surface area contributed by atoms with Gasteiger partial charge >= 0.3 is 0 Å². The van der Waals surface area contributed by atoms with Crippen molar-refractivity contribution in [2.24, 2.45) is 35.5 Å². The zero-order valence-corrected chi connectivity index (χ0v) is 65.9. The van der Waals surface area contributed by atoms with E-state index in [1.54, 1.807) is 36.4 Å². The summed E-state index contributed by atoms with van der Waals surface area (Å²) >= 11 is 0. The molecule has 0 saturated heterocycles. The van der Waals surface area contributed by atoms with Crippen LogP contribution in [0.2, 0.25) is 0 Å². The molecule has 6 aromatic rings. The van der Waals surface area contributed by atoms with Crippen LogP contribution >= 0.6 is 0 Å². The Hall–Kier alpha value is -6.04. The zero-order valence-electron chi connectivity index (χ0n) is 65.9. The van der Waals surface area contributed by atoms with Crippen LogP contribution in [0.5, 0.6) is 0 Å². The van der Waals surface area contributed by atoms with Crippen LogP contribution < -0.4 is 0 Å². The second-order valence-corrected chi connectivity index (χ2v) is 32.5. The highest BCUT2D eigenvalue weighted by Crippen LogP contribution is 2.44. The van der Waals surface area contributed by atoms with E-state index in [0.29, 0.717) is 47.3 Å². The Kier molecular flexibility index (Phi) is 40.2. The van der Waals surface area contributed by atoms with Crippen LogP contribution in [-0.4, -0.2) is 0 Å². The third-order valence-electron chi connectivity index (χ3n) is 24.8. The van der Waals surface area contributed by atoms with Gasteiger partial charge in [0.05, 0.1) is 0 Å². The molecule has 0 bridgehead atoms. The Morgan fingerprint density at radius 1 is 0.250 bits per heavy atom. The minimum absolute atomic E-state index is 0.381. The van der Waals surface area contributed by atoms with Gasteiger partial charge in [0.2, 0.25) is 0 Å². The highest BCUT2D eigenvalue weighted by atomic mass is 19.2. The molecule has 6 aromatic carbocycles. The average molecular weight is 1510 g/mol. The van der Waals surface area contributed by atoms with Crippen LogP contribution in [0.3, 0.4) is 0 Å². The number of rotatable bonds is 23. The lowest BCUT2D eigenvalue weighted by Gasteiger charge is -2.29. The van der Waals surface area contributed by atoms with Crippen molar-refractivity contribution < 1.29 is 52.7 Å². The fraction of sp³-hybridized carbons (Fsp3) is 0.583. The average Bonchev–Trinajstić information content (AvgIpc) is 0.875. The monoisotopic (exact) mass is 1510 g/mol. The summed E-state index contributed by atoms with van der Waals surface area (Å²) in [7, 11) is 0. The maximum Gasteiger partial charge on any atom is 0.159 e. The first-order chi connectivity index (χ1) is 52.2. The lowest BCUT2D eigenvalue weighted by molar-refractivity contribution is 0.301. The summed E-state index contributed by atoms with van der Waals surface area (Å²) in [6.07, 6.45) is 53.9. The molecule has 0 unspecified atom stereocenters. The van der Waals surface area contributed by atoms with Crippen LogP contribution in [0.4, 0.5) is 52.7 Å². The van der Waals surface area contributed by atoms with Crippen molar-refractivity contribution in [2.45, 2.75) is 321 Å². The molecule has 0 nitrogen and oxygen atoms in total. The topological polar surface area (TPSA) is 0 Å². The molecule has 0 radical (unpaired) electrons. The van der Waals surface area contributed by atoms with Crippen LogP contribution in [-0.2, 0) is 0 Å². The molecular formula is C96H128F12. The Morgan fingerprint density at radius 2 is 0.472 bits per heavy atom. The van der Waals surface area contributed by atoms with Gasteiger partial charge in [-0.2, -0.15) is 0 Å².